The molecule has 0 bridgehead atoms. The summed E-state index contributed by atoms with van der Waals surface area (Å²) in [6, 6.07) is 15.4. The van der Waals surface area contributed by atoms with E-state index in [1.807, 2.05) is 24.3 Å². The van der Waals surface area contributed by atoms with Gasteiger partial charge in [0.15, 0.2) is 0 Å². The summed E-state index contributed by atoms with van der Waals surface area (Å²) in [5.41, 5.74) is 2.35. The maximum atomic E-state index is 12.9. The Bertz CT molecular complexity index is 934. The Morgan fingerprint density at radius 3 is 2.57 bits per heavy atom. The Balaban J connectivity index is 1.47. The van der Waals surface area contributed by atoms with E-state index in [9.17, 15) is 9.18 Å². The monoisotopic (exact) mass is 398 g/mol. The second kappa shape index (κ2) is 9.80. The molecule has 1 amide bonds. The highest BCUT2D eigenvalue weighted by molar-refractivity contribution is 6.30. The molecule has 0 radical (unpaired) electrons. The number of hydrogen-bond acceptors (Lipinski definition) is 4. The first-order chi connectivity index (χ1) is 13.6. The molecule has 0 unspecified atom stereocenters. The molecule has 3 aromatic rings. The molecule has 0 aliphatic rings. The summed E-state index contributed by atoms with van der Waals surface area (Å²) in [6.45, 7) is 1.06. The maximum absolute atomic E-state index is 12.9. The summed E-state index contributed by atoms with van der Waals surface area (Å²) in [7, 11) is 0. The third-order valence-electron chi connectivity index (χ3n) is 4.09. The molecule has 28 heavy (non-hydrogen) atoms. The fourth-order valence-corrected chi connectivity index (χ4v) is 2.86. The Hall–Kier alpha value is -2.99. The third kappa shape index (κ3) is 6.03. The molecule has 0 atom stereocenters. The highest BCUT2D eigenvalue weighted by Gasteiger charge is 2.08. The molecule has 0 spiro atoms. The van der Waals surface area contributed by atoms with E-state index in [2.05, 4.69) is 20.6 Å². The van der Waals surface area contributed by atoms with Crippen molar-refractivity contribution in [2.24, 2.45) is 0 Å². The van der Waals surface area contributed by atoms with Crippen molar-refractivity contribution < 1.29 is 9.18 Å². The maximum Gasteiger partial charge on any atom is 0.270 e. The SMILES string of the molecule is O=C(NCCc1cccc(Cl)c1)c1ccnc(NCCc2ccc(F)cc2)n1. The molecule has 144 valence electrons. The first-order valence-corrected chi connectivity index (χ1v) is 9.32. The van der Waals surface area contributed by atoms with Gasteiger partial charge in [-0.3, -0.25) is 4.79 Å². The fourth-order valence-electron chi connectivity index (χ4n) is 2.64. The molecule has 2 N–H and O–H groups in total. The van der Waals surface area contributed by atoms with Gasteiger partial charge in [-0.25, -0.2) is 14.4 Å². The normalized spacial score (nSPS) is 10.5. The molecule has 1 heterocycles. The van der Waals surface area contributed by atoms with Gasteiger partial charge < -0.3 is 10.6 Å². The van der Waals surface area contributed by atoms with E-state index in [0.717, 1.165) is 11.1 Å². The lowest BCUT2D eigenvalue weighted by molar-refractivity contribution is 0.0949. The lowest BCUT2D eigenvalue weighted by Crippen LogP contribution is -2.27. The van der Waals surface area contributed by atoms with Crippen LogP contribution in [0.2, 0.25) is 5.02 Å². The quantitative estimate of drug-likeness (QED) is 0.604. The Kier molecular flexibility index (Phi) is 6.92. The van der Waals surface area contributed by atoms with Crippen molar-refractivity contribution in [2.45, 2.75) is 12.8 Å². The summed E-state index contributed by atoms with van der Waals surface area (Å²) in [5, 5.41) is 6.60. The van der Waals surface area contributed by atoms with Gasteiger partial charge in [-0.15, -0.1) is 0 Å². The largest absolute Gasteiger partial charge is 0.354 e. The van der Waals surface area contributed by atoms with E-state index < -0.39 is 0 Å². The molecule has 1 aromatic heterocycles. The number of nitrogens with zero attached hydrogens (tertiary/aromatic N) is 2. The number of rotatable bonds is 8. The van der Waals surface area contributed by atoms with Gasteiger partial charge in [0.1, 0.15) is 11.5 Å². The minimum absolute atomic E-state index is 0.255. The van der Waals surface area contributed by atoms with Crippen LogP contribution in [0.3, 0.4) is 0 Å². The Labute approximate surface area is 168 Å². The van der Waals surface area contributed by atoms with Crippen LogP contribution in [0.4, 0.5) is 10.3 Å². The molecule has 5 nitrogen and oxygen atoms in total. The third-order valence-corrected chi connectivity index (χ3v) is 4.32. The average Bonchev–Trinajstić information content (AvgIpc) is 2.70. The first kappa shape index (κ1) is 19.8. The standard InChI is InChI=1S/C21H20ClFN4O/c22-17-3-1-2-16(14-17)9-11-24-20(28)19-10-13-26-21(27-19)25-12-8-15-4-6-18(23)7-5-15/h1-7,10,13-14H,8-9,11-12H2,(H,24,28)(H,25,26,27). The minimum atomic E-state index is -0.258. The first-order valence-electron chi connectivity index (χ1n) is 8.94. The van der Waals surface area contributed by atoms with Crippen molar-refractivity contribution in [3.05, 3.63) is 88.5 Å². The number of carbonyl (C=O) groups excluding carboxylic acids is 1. The zero-order chi connectivity index (χ0) is 19.8. The van der Waals surface area contributed by atoms with E-state index in [1.165, 1.54) is 12.1 Å². The summed E-state index contributed by atoms with van der Waals surface area (Å²) in [4.78, 5) is 20.7. The predicted molar refractivity (Wildman–Crippen MR) is 108 cm³/mol. The van der Waals surface area contributed by atoms with Crippen LogP contribution in [-0.2, 0) is 12.8 Å². The van der Waals surface area contributed by atoms with Gasteiger partial charge in [0.25, 0.3) is 5.91 Å². The Morgan fingerprint density at radius 1 is 1.00 bits per heavy atom. The van der Waals surface area contributed by atoms with Crippen LogP contribution >= 0.6 is 11.6 Å². The van der Waals surface area contributed by atoms with Crippen molar-refractivity contribution in [3.8, 4) is 0 Å². The molecule has 0 saturated carbocycles. The molecular formula is C21H20ClFN4O. The summed E-state index contributed by atoms with van der Waals surface area (Å²) in [6.07, 6.45) is 2.92. The topological polar surface area (TPSA) is 66.9 Å². The Morgan fingerprint density at radius 2 is 1.79 bits per heavy atom. The molecule has 0 fully saturated rings. The van der Waals surface area contributed by atoms with Crippen molar-refractivity contribution >= 4 is 23.5 Å². The van der Waals surface area contributed by atoms with Crippen molar-refractivity contribution in [1.29, 1.82) is 0 Å². The zero-order valence-corrected chi connectivity index (χ0v) is 15.9. The highest BCUT2D eigenvalue weighted by Crippen LogP contribution is 2.11. The van der Waals surface area contributed by atoms with E-state index >= 15 is 0 Å². The van der Waals surface area contributed by atoms with Gasteiger partial charge in [-0.1, -0.05) is 35.9 Å². The summed E-state index contributed by atoms with van der Waals surface area (Å²) in [5.74, 6) is -0.135. The van der Waals surface area contributed by atoms with Crippen LogP contribution in [-0.4, -0.2) is 29.0 Å². The highest BCUT2D eigenvalue weighted by atomic mass is 35.5. The van der Waals surface area contributed by atoms with Crippen molar-refractivity contribution in [3.63, 3.8) is 0 Å². The second-order valence-electron chi connectivity index (χ2n) is 6.20. The van der Waals surface area contributed by atoms with Gasteiger partial charge in [0.05, 0.1) is 0 Å². The van der Waals surface area contributed by atoms with E-state index in [0.29, 0.717) is 42.6 Å². The molecule has 0 aliphatic heterocycles. The van der Waals surface area contributed by atoms with Crippen LogP contribution in [0.15, 0.2) is 60.8 Å². The molecule has 0 aliphatic carbocycles. The number of carbonyl (C=O) groups is 1. The molecular weight excluding hydrogens is 379 g/mol. The van der Waals surface area contributed by atoms with E-state index in [4.69, 9.17) is 11.6 Å². The number of nitrogens with one attached hydrogen (secondary N) is 2. The van der Waals surface area contributed by atoms with Crippen LogP contribution in [0.5, 0.6) is 0 Å². The van der Waals surface area contributed by atoms with E-state index in [1.54, 1.807) is 24.4 Å². The lowest BCUT2D eigenvalue weighted by Gasteiger charge is -2.08. The summed E-state index contributed by atoms with van der Waals surface area (Å²) >= 11 is 5.96. The van der Waals surface area contributed by atoms with Gasteiger partial charge in [-0.2, -0.15) is 0 Å². The molecule has 2 aromatic carbocycles. The number of aromatic nitrogens is 2. The van der Waals surface area contributed by atoms with Crippen LogP contribution < -0.4 is 10.6 Å². The van der Waals surface area contributed by atoms with Crippen LogP contribution in [0.1, 0.15) is 21.6 Å². The van der Waals surface area contributed by atoms with Gasteiger partial charge in [-0.05, 0) is 54.3 Å². The van der Waals surface area contributed by atoms with Gasteiger partial charge >= 0.3 is 0 Å². The fraction of sp³-hybridized carbons (Fsp3) is 0.190. The van der Waals surface area contributed by atoms with Crippen LogP contribution in [0, 0.1) is 5.82 Å². The average molecular weight is 399 g/mol. The predicted octanol–water partition coefficient (Wildman–Crippen LogP) is 3.90. The molecule has 0 saturated heterocycles. The number of anilines is 1. The van der Waals surface area contributed by atoms with Gasteiger partial charge in [0.2, 0.25) is 5.95 Å². The second-order valence-corrected chi connectivity index (χ2v) is 6.64. The van der Waals surface area contributed by atoms with Crippen LogP contribution in [0.25, 0.3) is 0 Å². The van der Waals surface area contributed by atoms with Crippen molar-refractivity contribution in [2.75, 3.05) is 18.4 Å². The van der Waals surface area contributed by atoms with Crippen molar-refractivity contribution in [1.82, 2.24) is 15.3 Å². The molecule has 3 rings (SSSR count). The number of hydrogen-bond donors (Lipinski definition) is 2. The number of benzene rings is 2. The minimum Gasteiger partial charge on any atom is -0.354 e. The number of amides is 1. The van der Waals surface area contributed by atoms with E-state index in [-0.39, 0.29) is 11.7 Å². The smallest absolute Gasteiger partial charge is 0.270 e. The molecule has 7 heteroatoms. The number of halogens is 2. The zero-order valence-electron chi connectivity index (χ0n) is 15.2. The summed E-state index contributed by atoms with van der Waals surface area (Å²) < 4.78 is 12.9. The lowest BCUT2D eigenvalue weighted by atomic mass is 10.1. The van der Waals surface area contributed by atoms with Gasteiger partial charge in [0, 0.05) is 24.3 Å².